The Labute approximate surface area is 275 Å². The van der Waals surface area contributed by atoms with Crippen LogP contribution in [0.15, 0.2) is 30.5 Å². The van der Waals surface area contributed by atoms with Gasteiger partial charge in [0.25, 0.3) is 11.8 Å². The predicted octanol–water partition coefficient (Wildman–Crippen LogP) is 5.94. The molecule has 9 nitrogen and oxygen atoms in total. The van der Waals surface area contributed by atoms with Crippen LogP contribution in [0.1, 0.15) is 113 Å². The van der Waals surface area contributed by atoms with Gasteiger partial charge >= 0.3 is 0 Å². The van der Waals surface area contributed by atoms with Gasteiger partial charge in [-0.15, -0.1) is 0 Å². The van der Waals surface area contributed by atoms with Gasteiger partial charge in [-0.2, -0.15) is 5.10 Å². The quantitative estimate of drug-likeness (QED) is 0.238. The zero-order valence-corrected chi connectivity index (χ0v) is 27.7. The van der Waals surface area contributed by atoms with E-state index in [9.17, 15) is 23.2 Å². The first kappa shape index (κ1) is 34.9. The van der Waals surface area contributed by atoms with Gasteiger partial charge in [0.15, 0.2) is 0 Å². The van der Waals surface area contributed by atoms with E-state index in [4.69, 9.17) is 0 Å². The third-order valence-corrected chi connectivity index (χ3v) is 10.4. The molecule has 3 amide bonds. The van der Waals surface area contributed by atoms with Crippen LogP contribution in [0.2, 0.25) is 0 Å². The van der Waals surface area contributed by atoms with Crippen LogP contribution in [0.3, 0.4) is 0 Å². The van der Waals surface area contributed by atoms with Gasteiger partial charge in [-0.25, -0.2) is 13.2 Å². The lowest BCUT2D eigenvalue weighted by atomic mass is 9.66. The number of nitrogens with one attached hydrogen (secondary N) is 4. The summed E-state index contributed by atoms with van der Waals surface area (Å²) in [4.78, 5) is 40.8. The lowest BCUT2D eigenvalue weighted by Gasteiger charge is -2.42. The number of anilines is 1. The summed E-state index contributed by atoms with van der Waals surface area (Å²) in [5, 5.41) is 15.1. The molecule has 3 fully saturated rings. The van der Waals surface area contributed by atoms with Crippen molar-refractivity contribution in [1.82, 2.24) is 25.7 Å². The van der Waals surface area contributed by atoms with Crippen molar-refractivity contribution in [1.29, 1.82) is 0 Å². The zero-order valence-electron chi connectivity index (χ0n) is 27.7. The third-order valence-electron chi connectivity index (χ3n) is 10.4. The molecule has 2 aromatic rings. The molecular formula is C35H49F3N6O3. The van der Waals surface area contributed by atoms with Gasteiger partial charge in [0.05, 0.1) is 18.2 Å². The highest BCUT2D eigenvalue weighted by atomic mass is 19.3. The number of carbonyl (C=O) groups excluding carboxylic acids is 3. The molecule has 1 saturated heterocycles. The molecule has 4 N–H and O–H groups in total. The van der Waals surface area contributed by atoms with E-state index in [0.717, 1.165) is 70.3 Å². The number of alkyl halides is 2. The van der Waals surface area contributed by atoms with Gasteiger partial charge in [-0.05, 0) is 62.3 Å². The van der Waals surface area contributed by atoms with E-state index < -0.39 is 54.0 Å². The van der Waals surface area contributed by atoms with Crippen molar-refractivity contribution in [2.24, 2.45) is 17.8 Å². The summed E-state index contributed by atoms with van der Waals surface area (Å²) in [6.45, 7) is 4.82. The Bertz CT molecular complexity index is 1380. The van der Waals surface area contributed by atoms with Crippen LogP contribution < -0.4 is 21.3 Å². The molecule has 2 saturated carbocycles. The number of hydrogen-bond donors (Lipinski definition) is 4. The Morgan fingerprint density at radius 2 is 1.57 bits per heavy atom. The molecular weight excluding hydrogens is 609 g/mol. The molecule has 47 heavy (non-hydrogen) atoms. The van der Waals surface area contributed by atoms with Crippen LogP contribution in [0.5, 0.6) is 0 Å². The summed E-state index contributed by atoms with van der Waals surface area (Å²) in [5.41, 5.74) is 0.578. The van der Waals surface area contributed by atoms with Gasteiger partial charge in [-0.3, -0.25) is 19.1 Å². The highest BCUT2D eigenvalue weighted by Gasteiger charge is 2.45. The fourth-order valence-electron chi connectivity index (χ4n) is 7.80. The van der Waals surface area contributed by atoms with Crippen LogP contribution in [-0.4, -0.2) is 58.6 Å². The molecule has 0 spiro atoms. The molecule has 1 aliphatic heterocycles. The molecule has 2 aliphatic carbocycles. The number of hydrogen-bond acceptors (Lipinski definition) is 5. The number of rotatable bonds is 11. The first-order valence-corrected chi connectivity index (χ1v) is 17.3. The average molecular weight is 659 g/mol. The van der Waals surface area contributed by atoms with E-state index >= 15 is 4.39 Å². The second kappa shape index (κ2) is 15.2. The Kier molecular flexibility index (Phi) is 11.3. The number of amides is 3. The van der Waals surface area contributed by atoms with Crippen molar-refractivity contribution in [2.45, 2.75) is 115 Å². The summed E-state index contributed by atoms with van der Waals surface area (Å²) in [7, 11) is 0. The van der Waals surface area contributed by atoms with Gasteiger partial charge in [0.1, 0.15) is 23.6 Å². The molecule has 5 rings (SSSR count). The van der Waals surface area contributed by atoms with Gasteiger partial charge < -0.3 is 21.3 Å². The van der Waals surface area contributed by atoms with Crippen LogP contribution in [-0.2, 0) is 9.59 Å². The monoisotopic (exact) mass is 658 g/mol. The van der Waals surface area contributed by atoms with Crippen LogP contribution in [0.25, 0.3) is 0 Å². The lowest BCUT2D eigenvalue weighted by molar-refractivity contribution is -0.125. The topological polar surface area (TPSA) is 117 Å². The molecule has 1 aromatic carbocycles. The van der Waals surface area contributed by atoms with Crippen molar-refractivity contribution in [3.05, 3.63) is 47.5 Å². The summed E-state index contributed by atoms with van der Waals surface area (Å²) in [6.07, 6.45) is 12.1. The fraction of sp³-hybridized carbons (Fsp3) is 0.657. The number of halogens is 3. The summed E-state index contributed by atoms with van der Waals surface area (Å²) < 4.78 is 45.3. The summed E-state index contributed by atoms with van der Waals surface area (Å²) in [6, 6.07) is 3.40. The second-order valence-corrected chi connectivity index (χ2v) is 14.0. The predicted molar refractivity (Wildman–Crippen MR) is 174 cm³/mol. The maximum atomic E-state index is 15.6. The van der Waals surface area contributed by atoms with E-state index in [1.54, 1.807) is 16.9 Å². The van der Waals surface area contributed by atoms with Gasteiger partial charge in [0, 0.05) is 18.8 Å². The smallest absolute Gasteiger partial charge is 0.281 e. The fourth-order valence-corrected chi connectivity index (χ4v) is 7.80. The van der Waals surface area contributed by atoms with Crippen molar-refractivity contribution in [3.8, 4) is 0 Å². The average Bonchev–Trinajstić information content (AvgIpc) is 3.69. The Morgan fingerprint density at radius 3 is 2.13 bits per heavy atom. The molecule has 0 radical (unpaired) electrons. The van der Waals surface area contributed by atoms with E-state index in [1.165, 1.54) is 19.1 Å². The largest absolute Gasteiger partial charge is 0.345 e. The van der Waals surface area contributed by atoms with Crippen molar-refractivity contribution in [3.63, 3.8) is 0 Å². The zero-order chi connectivity index (χ0) is 33.7. The number of carbonyl (C=O) groups is 3. The van der Waals surface area contributed by atoms with E-state index in [-0.39, 0.29) is 36.0 Å². The maximum Gasteiger partial charge on any atom is 0.281 e. The SMILES string of the molecule is CC(C(=O)NC1CNCC1(F)F)c1ccc(NC(=O)C(NC(=O)c2ccnn2C(C)C)C(C2CCCCC2)C2CCCCC2)c(F)c1. The van der Waals surface area contributed by atoms with Crippen molar-refractivity contribution in [2.75, 3.05) is 18.4 Å². The van der Waals surface area contributed by atoms with E-state index in [0.29, 0.717) is 11.3 Å². The molecule has 258 valence electrons. The van der Waals surface area contributed by atoms with E-state index in [2.05, 4.69) is 26.4 Å². The third kappa shape index (κ3) is 8.18. The van der Waals surface area contributed by atoms with E-state index in [1.807, 2.05) is 13.8 Å². The summed E-state index contributed by atoms with van der Waals surface area (Å²) in [5.74, 6) is -5.83. The highest BCUT2D eigenvalue weighted by Crippen LogP contribution is 2.42. The Morgan fingerprint density at radius 1 is 0.936 bits per heavy atom. The molecule has 3 unspecified atom stereocenters. The summed E-state index contributed by atoms with van der Waals surface area (Å²) >= 11 is 0. The molecule has 12 heteroatoms. The lowest BCUT2D eigenvalue weighted by Crippen LogP contribution is -2.53. The Balaban J connectivity index is 1.38. The Hall–Kier alpha value is -3.41. The standard InChI is InChI=1S/C35H49F3N6O3/c1-21(2)44-28(16-17-40-44)33(46)43-31(30(23-10-6-4-7-11-23)24-12-8-5-9-13-24)34(47)41-27-15-14-25(18-26(27)36)22(3)32(45)42-29-19-39-20-35(29,37)38/h14-18,21-24,29-31,39H,4-13,19-20H2,1-3H3,(H,41,47)(H,42,45)(H,43,46). The molecule has 3 aliphatic rings. The number of nitrogens with zero attached hydrogens (tertiary/aromatic N) is 2. The maximum absolute atomic E-state index is 15.6. The number of aromatic nitrogens is 2. The first-order chi connectivity index (χ1) is 22.5. The second-order valence-electron chi connectivity index (χ2n) is 14.0. The minimum absolute atomic E-state index is 0.0506. The first-order valence-electron chi connectivity index (χ1n) is 17.3. The van der Waals surface area contributed by atoms with Crippen LogP contribution in [0.4, 0.5) is 18.9 Å². The van der Waals surface area contributed by atoms with Crippen LogP contribution >= 0.6 is 0 Å². The number of benzene rings is 1. The van der Waals surface area contributed by atoms with Gasteiger partial charge in [0.2, 0.25) is 11.8 Å². The minimum Gasteiger partial charge on any atom is -0.345 e. The van der Waals surface area contributed by atoms with Crippen LogP contribution in [0, 0.1) is 23.6 Å². The molecule has 1 aromatic heterocycles. The normalized spacial score (nSPS) is 21.8. The molecule has 0 bridgehead atoms. The van der Waals surface area contributed by atoms with Crippen molar-refractivity contribution >= 4 is 23.4 Å². The highest BCUT2D eigenvalue weighted by molar-refractivity contribution is 6.01. The van der Waals surface area contributed by atoms with Crippen molar-refractivity contribution < 1.29 is 27.6 Å². The minimum atomic E-state index is -3.07. The molecule has 3 atom stereocenters. The van der Waals surface area contributed by atoms with Gasteiger partial charge in [-0.1, -0.05) is 70.3 Å². The molecule has 2 heterocycles.